The minimum atomic E-state index is -0.0607. The number of fused-ring (bicyclic) bond motifs is 1. The van der Waals surface area contributed by atoms with Crippen molar-refractivity contribution in [2.75, 3.05) is 13.1 Å². The number of carbonyl (C=O) groups excluding carboxylic acids is 1. The first-order chi connectivity index (χ1) is 8.83. The summed E-state index contributed by atoms with van der Waals surface area (Å²) in [4.78, 5) is 12.0. The lowest BCUT2D eigenvalue weighted by molar-refractivity contribution is -0.139. The predicted molar refractivity (Wildman–Crippen MR) is 69.7 cm³/mol. The number of aryl methyl sites for hydroxylation is 2. The van der Waals surface area contributed by atoms with Gasteiger partial charge in [-0.2, -0.15) is 0 Å². The number of benzene rings is 1. The van der Waals surface area contributed by atoms with Gasteiger partial charge in [-0.05, 0) is 68.5 Å². The lowest BCUT2D eigenvalue weighted by Gasteiger charge is -2.20. The molecule has 0 spiro atoms. The maximum Gasteiger partial charge on any atom is 0.314 e. The number of esters is 1. The summed E-state index contributed by atoms with van der Waals surface area (Å²) in [6.07, 6.45) is 5.29. The van der Waals surface area contributed by atoms with E-state index in [9.17, 15) is 4.79 Å². The Kier molecular flexibility index (Phi) is 3.33. The maximum absolute atomic E-state index is 12.0. The molecular weight excluding hydrogens is 226 g/mol. The third kappa shape index (κ3) is 2.41. The van der Waals surface area contributed by atoms with E-state index in [2.05, 4.69) is 11.4 Å². The Bertz CT molecular complexity index is 450. The van der Waals surface area contributed by atoms with E-state index in [4.69, 9.17) is 4.74 Å². The molecule has 0 amide bonds. The molecule has 1 saturated heterocycles. The average Bonchev–Trinajstić information content (AvgIpc) is 2.87. The molecule has 1 fully saturated rings. The number of rotatable bonds is 2. The van der Waals surface area contributed by atoms with Crippen LogP contribution in [0.5, 0.6) is 5.75 Å². The van der Waals surface area contributed by atoms with Crippen molar-refractivity contribution >= 4 is 5.97 Å². The molecule has 0 bridgehead atoms. The van der Waals surface area contributed by atoms with Gasteiger partial charge in [0.1, 0.15) is 5.75 Å². The van der Waals surface area contributed by atoms with Crippen molar-refractivity contribution in [1.82, 2.24) is 5.32 Å². The summed E-state index contributed by atoms with van der Waals surface area (Å²) in [5, 5.41) is 3.26. The molecule has 0 atom stereocenters. The van der Waals surface area contributed by atoms with Crippen LogP contribution < -0.4 is 10.1 Å². The van der Waals surface area contributed by atoms with Crippen LogP contribution >= 0.6 is 0 Å². The zero-order chi connectivity index (χ0) is 12.4. The van der Waals surface area contributed by atoms with E-state index in [1.165, 1.54) is 17.5 Å². The maximum atomic E-state index is 12.0. The topological polar surface area (TPSA) is 38.3 Å². The van der Waals surface area contributed by atoms with Crippen molar-refractivity contribution in [1.29, 1.82) is 0 Å². The van der Waals surface area contributed by atoms with E-state index in [0.717, 1.165) is 44.5 Å². The standard InChI is InChI=1S/C15H19NO2/c17-15(12-6-8-16-9-7-12)18-14-5-4-11-2-1-3-13(11)10-14/h4-5,10,12,16H,1-3,6-9H2. The smallest absolute Gasteiger partial charge is 0.314 e. The van der Waals surface area contributed by atoms with Gasteiger partial charge >= 0.3 is 5.97 Å². The fourth-order valence-electron chi connectivity index (χ4n) is 2.87. The van der Waals surface area contributed by atoms with Gasteiger partial charge < -0.3 is 10.1 Å². The van der Waals surface area contributed by atoms with Gasteiger partial charge in [0.05, 0.1) is 5.92 Å². The van der Waals surface area contributed by atoms with Gasteiger partial charge in [0.15, 0.2) is 0 Å². The van der Waals surface area contributed by atoms with E-state index >= 15 is 0 Å². The van der Waals surface area contributed by atoms with Crippen LogP contribution in [0.1, 0.15) is 30.4 Å². The van der Waals surface area contributed by atoms with Crippen LogP contribution in [0.2, 0.25) is 0 Å². The van der Waals surface area contributed by atoms with Gasteiger partial charge in [-0.15, -0.1) is 0 Å². The molecule has 0 saturated carbocycles. The number of nitrogens with one attached hydrogen (secondary N) is 1. The molecule has 1 aromatic carbocycles. The number of ether oxygens (including phenoxy) is 1. The summed E-state index contributed by atoms with van der Waals surface area (Å²) in [5.74, 6) is 0.730. The highest BCUT2D eigenvalue weighted by molar-refractivity contribution is 5.75. The van der Waals surface area contributed by atoms with Crippen molar-refractivity contribution in [3.05, 3.63) is 29.3 Å². The number of carbonyl (C=O) groups is 1. The van der Waals surface area contributed by atoms with Crippen LogP contribution in [-0.4, -0.2) is 19.1 Å². The van der Waals surface area contributed by atoms with Crippen LogP contribution in [0.15, 0.2) is 18.2 Å². The highest BCUT2D eigenvalue weighted by Crippen LogP contribution is 2.27. The Labute approximate surface area is 108 Å². The van der Waals surface area contributed by atoms with Gasteiger partial charge in [0.25, 0.3) is 0 Å². The Morgan fingerprint density at radius 3 is 2.78 bits per heavy atom. The largest absolute Gasteiger partial charge is 0.426 e. The number of hydrogen-bond acceptors (Lipinski definition) is 3. The molecule has 3 rings (SSSR count). The average molecular weight is 245 g/mol. The van der Waals surface area contributed by atoms with Crippen LogP contribution in [0.25, 0.3) is 0 Å². The lowest BCUT2D eigenvalue weighted by atomic mass is 9.98. The monoisotopic (exact) mass is 245 g/mol. The fourth-order valence-corrected chi connectivity index (χ4v) is 2.87. The molecule has 1 N–H and O–H groups in total. The van der Waals surface area contributed by atoms with E-state index in [1.54, 1.807) is 0 Å². The Morgan fingerprint density at radius 2 is 1.94 bits per heavy atom. The molecule has 1 aliphatic carbocycles. The number of piperidine rings is 1. The first kappa shape index (κ1) is 11.7. The van der Waals surface area contributed by atoms with Gasteiger partial charge in [0.2, 0.25) is 0 Å². The lowest BCUT2D eigenvalue weighted by Crippen LogP contribution is -2.33. The van der Waals surface area contributed by atoms with Crippen LogP contribution in [0, 0.1) is 5.92 Å². The molecule has 96 valence electrons. The second-order valence-electron chi connectivity index (χ2n) is 5.23. The van der Waals surface area contributed by atoms with E-state index < -0.39 is 0 Å². The molecule has 0 radical (unpaired) electrons. The highest BCUT2D eigenvalue weighted by atomic mass is 16.5. The summed E-state index contributed by atoms with van der Waals surface area (Å²) < 4.78 is 5.51. The highest BCUT2D eigenvalue weighted by Gasteiger charge is 2.23. The van der Waals surface area contributed by atoms with E-state index in [-0.39, 0.29) is 11.9 Å². The van der Waals surface area contributed by atoms with Crippen molar-refractivity contribution < 1.29 is 9.53 Å². The van der Waals surface area contributed by atoms with Crippen LogP contribution in [-0.2, 0) is 17.6 Å². The Hall–Kier alpha value is -1.35. The van der Waals surface area contributed by atoms with Gasteiger partial charge in [0, 0.05) is 0 Å². The van der Waals surface area contributed by atoms with Crippen molar-refractivity contribution in [3.8, 4) is 5.75 Å². The Morgan fingerprint density at radius 1 is 1.17 bits per heavy atom. The molecule has 1 aromatic rings. The minimum absolute atomic E-state index is 0.0607. The van der Waals surface area contributed by atoms with Crippen molar-refractivity contribution in [3.63, 3.8) is 0 Å². The van der Waals surface area contributed by atoms with Crippen molar-refractivity contribution in [2.24, 2.45) is 5.92 Å². The molecule has 2 aliphatic rings. The normalized spacial score (nSPS) is 19.6. The Balaban J connectivity index is 1.66. The fraction of sp³-hybridized carbons (Fsp3) is 0.533. The van der Waals surface area contributed by atoms with E-state index in [0.29, 0.717) is 0 Å². The van der Waals surface area contributed by atoms with E-state index in [1.807, 2.05) is 12.1 Å². The third-order valence-corrected chi connectivity index (χ3v) is 3.96. The zero-order valence-electron chi connectivity index (χ0n) is 10.6. The van der Waals surface area contributed by atoms with Crippen LogP contribution in [0.3, 0.4) is 0 Å². The molecule has 1 heterocycles. The van der Waals surface area contributed by atoms with Gasteiger partial charge in [-0.25, -0.2) is 0 Å². The summed E-state index contributed by atoms with van der Waals surface area (Å²) >= 11 is 0. The summed E-state index contributed by atoms with van der Waals surface area (Å²) in [6.45, 7) is 1.84. The molecule has 0 unspecified atom stereocenters. The molecule has 0 aromatic heterocycles. The van der Waals surface area contributed by atoms with Crippen LogP contribution in [0.4, 0.5) is 0 Å². The predicted octanol–water partition coefficient (Wildman–Crippen LogP) is 2.08. The summed E-state index contributed by atoms with van der Waals surface area (Å²) in [7, 11) is 0. The molecule has 1 aliphatic heterocycles. The molecule has 18 heavy (non-hydrogen) atoms. The third-order valence-electron chi connectivity index (χ3n) is 3.96. The van der Waals surface area contributed by atoms with Gasteiger partial charge in [-0.3, -0.25) is 4.79 Å². The second kappa shape index (κ2) is 5.11. The SMILES string of the molecule is O=C(Oc1ccc2c(c1)CCC2)C1CCNCC1. The summed E-state index contributed by atoms with van der Waals surface area (Å²) in [6, 6.07) is 6.08. The van der Waals surface area contributed by atoms with Gasteiger partial charge in [-0.1, -0.05) is 6.07 Å². The molecular formula is C15H19NO2. The second-order valence-corrected chi connectivity index (χ2v) is 5.23. The molecule has 3 nitrogen and oxygen atoms in total. The van der Waals surface area contributed by atoms with Crippen molar-refractivity contribution in [2.45, 2.75) is 32.1 Å². The molecule has 3 heteroatoms. The number of hydrogen-bond donors (Lipinski definition) is 1. The first-order valence-corrected chi connectivity index (χ1v) is 6.87. The minimum Gasteiger partial charge on any atom is -0.426 e. The first-order valence-electron chi connectivity index (χ1n) is 6.87. The quantitative estimate of drug-likeness (QED) is 0.640. The zero-order valence-corrected chi connectivity index (χ0v) is 10.6. The summed E-state index contributed by atoms with van der Waals surface area (Å²) in [5.41, 5.74) is 2.77.